The Morgan fingerprint density at radius 2 is 0.973 bits per heavy atom. The van der Waals surface area contributed by atoms with E-state index in [1.165, 1.54) is 81.4 Å². The second-order valence-electron chi connectivity index (χ2n) is 10.4. The summed E-state index contributed by atoms with van der Waals surface area (Å²) in [7, 11) is 0. The van der Waals surface area contributed by atoms with Crippen LogP contribution in [0.15, 0.2) is 127 Å². The first-order valence-electron chi connectivity index (χ1n) is 13.1. The van der Waals surface area contributed by atoms with Crippen LogP contribution in [0.25, 0.3) is 65.0 Å². The van der Waals surface area contributed by atoms with Crippen LogP contribution in [0.4, 0.5) is 0 Å². The highest BCUT2D eigenvalue weighted by Crippen LogP contribution is 2.41. The predicted molar refractivity (Wildman–Crippen MR) is 162 cm³/mol. The monoisotopic (exact) mass is 464 g/mol. The van der Waals surface area contributed by atoms with Gasteiger partial charge in [0.15, 0.2) is 0 Å². The summed E-state index contributed by atoms with van der Waals surface area (Å²) in [6.07, 6.45) is 0. The Kier molecular flexibility index (Phi) is 3.69. The molecule has 0 bridgehead atoms. The van der Waals surface area contributed by atoms with Gasteiger partial charge in [-0.25, -0.2) is 0 Å². The Morgan fingerprint density at radius 3 is 1.86 bits per heavy atom. The number of hydrogen-bond acceptors (Lipinski definition) is 0. The molecule has 0 N–H and O–H groups in total. The summed E-state index contributed by atoms with van der Waals surface area (Å²) in [5, 5.41) is 13.5. The molecule has 0 fully saturated rings. The molecule has 0 unspecified atom stereocenters. The van der Waals surface area contributed by atoms with Crippen LogP contribution in [-0.2, 0) is 0 Å². The number of hydrogen-bond donors (Lipinski definition) is 0. The molecule has 0 spiro atoms. The fourth-order valence-electron chi connectivity index (χ4n) is 7.15. The van der Waals surface area contributed by atoms with Crippen molar-refractivity contribution in [1.29, 1.82) is 0 Å². The van der Waals surface area contributed by atoms with Crippen LogP contribution < -0.4 is 16.4 Å². The van der Waals surface area contributed by atoms with Gasteiger partial charge in [-0.05, 0) is 71.1 Å². The summed E-state index contributed by atoms with van der Waals surface area (Å²) >= 11 is 0. The Hall–Kier alpha value is -4.62. The minimum Gasteiger partial charge on any atom is -0.0663 e. The van der Waals surface area contributed by atoms with Gasteiger partial charge in [0.05, 0.1) is 0 Å². The largest absolute Gasteiger partial charge is 0.244 e. The van der Waals surface area contributed by atoms with Crippen molar-refractivity contribution in [1.82, 2.24) is 0 Å². The summed E-state index contributed by atoms with van der Waals surface area (Å²) in [6, 6.07) is 47.7. The van der Waals surface area contributed by atoms with E-state index in [9.17, 15) is 0 Å². The molecule has 0 saturated heterocycles. The maximum Gasteiger partial charge on any atom is 0.244 e. The zero-order chi connectivity index (χ0) is 24.1. The van der Waals surface area contributed by atoms with E-state index in [2.05, 4.69) is 127 Å². The average Bonchev–Trinajstić information content (AvgIpc) is 2.96. The normalized spacial score (nSPS) is 12.8. The van der Waals surface area contributed by atoms with Gasteiger partial charge in [-0.1, -0.05) is 138 Å². The maximum atomic E-state index is 2.44. The van der Waals surface area contributed by atoms with Crippen LogP contribution in [-0.4, -0.2) is 6.71 Å². The molecule has 0 saturated carbocycles. The summed E-state index contributed by atoms with van der Waals surface area (Å²) in [5.74, 6) is 0. The molecule has 9 rings (SSSR count). The molecule has 8 aromatic carbocycles. The summed E-state index contributed by atoms with van der Waals surface area (Å²) in [4.78, 5) is 0. The average molecular weight is 464 g/mol. The fourth-order valence-corrected chi connectivity index (χ4v) is 7.15. The van der Waals surface area contributed by atoms with Crippen molar-refractivity contribution in [2.24, 2.45) is 0 Å². The van der Waals surface area contributed by atoms with Gasteiger partial charge in [0.25, 0.3) is 0 Å². The van der Waals surface area contributed by atoms with E-state index in [1.807, 2.05) is 0 Å². The Labute approximate surface area is 215 Å². The quantitative estimate of drug-likeness (QED) is 0.176. The van der Waals surface area contributed by atoms with Crippen LogP contribution >= 0.6 is 0 Å². The third-order valence-electron chi connectivity index (χ3n) is 8.66. The van der Waals surface area contributed by atoms with E-state index in [1.54, 1.807) is 0 Å². The molecule has 1 aliphatic rings. The molecule has 0 nitrogen and oxygen atoms in total. The predicted octanol–water partition coefficient (Wildman–Crippen LogP) is 7.39. The second-order valence-corrected chi connectivity index (χ2v) is 10.4. The molecular formula is C36H21B. The van der Waals surface area contributed by atoms with E-state index in [0.29, 0.717) is 0 Å². The van der Waals surface area contributed by atoms with E-state index in [-0.39, 0.29) is 6.71 Å². The van der Waals surface area contributed by atoms with Gasteiger partial charge in [0, 0.05) is 0 Å². The minimum absolute atomic E-state index is 0.157. The zero-order valence-corrected chi connectivity index (χ0v) is 20.2. The van der Waals surface area contributed by atoms with Crippen molar-refractivity contribution in [3.05, 3.63) is 127 Å². The van der Waals surface area contributed by atoms with Crippen molar-refractivity contribution in [3.8, 4) is 11.1 Å². The highest BCUT2D eigenvalue weighted by atomic mass is 14.2. The van der Waals surface area contributed by atoms with Crippen LogP contribution in [0.3, 0.4) is 0 Å². The lowest BCUT2D eigenvalue weighted by Crippen LogP contribution is -2.55. The number of rotatable bonds is 1. The SMILES string of the molecule is c1ccc2c(B3c4c(ccc5ccccc45)-c4cc5cccc6ccc7ccc3c4c7c65)cccc2c1. The van der Waals surface area contributed by atoms with E-state index >= 15 is 0 Å². The van der Waals surface area contributed by atoms with Crippen molar-refractivity contribution >= 4 is 77.0 Å². The highest BCUT2D eigenvalue weighted by Gasteiger charge is 2.35. The molecule has 37 heavy (non-hydrogen) atoms. The summed E-state index contributed by atoms with van der Waals surface area (Å²) < 4.78 is 0. The second kappa shape index (κ2) is 6.99. The van der Waals surface area contributed by atoms with Gasteiger partial charge >= 0.3 is 0 Å². The molecule has 168 valence electrons. The minimum atomic E-state index is 0.157. The Balaban J connectivity index is 1.55. The summed E-state index contributed by atoms with van der Waals surface area (Å²) in [6.45, 7) is 0.157. The smallest absolute Gasteiger partial charge is 0.0663 e. The van der Waals surface area contributed by atoms with Gasteiger partial charge in [0.1, 0.15) is 0 Å². The van der Waals surface area contributed by atoms with Crippen LogP contribution in [0, 0.1) is 0 Å². The van der Waals surface area contributed by atoms with Crippen molar-refractivity contribution in [2.45, 2.75) is 0 Å². The highest BCUT2D eigenvalue weighted by molar-refractivity contribution is 7.01. The zero-order valence-electron chi connectivity index (χ0n) is 20.2. The topological polar surface area (TPSA) is 0 Å². The molecule has 0 radical (unpaired) electrons. The Morgan fingerprint density at radius 1 is 0.351 bits per heavy atom. The molecule has 1 aliphatic heterocycles. The molecule has 8 aromatic rings. The van der Waals surface area contributed by atoms with Crippen molar-refractivity contribution < 1.29 is 0 Å². The third kappa shape index (κ3) is 2.49. The van der Waals surface area contributed by atoms with Gasteiger partial charge in [0.2, 0.25) is 6.71 Å². The molecule has 0 aromatic heterocycles. The van der Waals surface area contributed by atoms with E-state index < -0.39 is 0 Å². The van der Waals surface area contributed by atoms with Crippen molar-refractivity contribution in [2.75, 3.05) is 0 Å². The Bertz CT molecular complexity index is 2200. The van der Waals surface area contributed by atoms with Gasteiger partial charge in [-0.15, -0.1) is 0 Å². The molecule has 1 heterocycles. The van der Waals surface area contributed by atoms with Gasteiger partial charge in [-0.2, -0.15) is 0 Å². The number of benzene rings is 8. The first kappa shape index (κ1) is 19.6. The molecular weight excluding hydrogens is 443 g/mol. The summed E-state index contributed by atoms with van der Waals surface area (Å²) in [5.41, 5.74) is 6.96. The molecule has 0 atom stereocenters. The molecule has 0 aliphatic carbocycles. The lowest BCUT2D eigenvalue weighted by Gasteiger charge is -2.30. The fraction of sp³-hybridized carbons (Fsp3) is 0. The first-order chi connectivity index (χ1) is 18.4. The van der Waals surface area contributed by atoms with Crippen molar-refractivity contribution in [3.63, 3.8) is 0 Å². The van der Waals surface area contributed by atoms with Crippen LogP contribution in [0.1, 0.15) is 0 Å². The first-order valence-corrected chi connectivity index (χ1v) is 13.1. The van der Waals surface area contributed by atoms with Gasteiger partial charge in [-0.3, -0.25) is 0 Å². The van der Waals surface area contributed by atoms with Crippen LogP contribution in [0.5, 0.6) is 0 Å². The van der Waals surface area contributed by atoms with E-state index in [0.717, 1.165) is 0 Å². The molecule has 1 heteroatoms. The lowest BCUT2D eigenvalue weighted by atomic mass is 9.32. The maximum absolute atomic E-state index is 2.44. The van der Waals surface area contributed by atoms with E-state index in [4.69, 9.17) is 0 Å². The molecule has 0 amide bonds. The lowest BCUT2D eigenvalue weighted by molar-refractivity contribution is 1.71. The standard InChI is InChI=1S/C36H21B/c1-3-12-27-22(7-1)9-6-14-31(27)37-32-20-18-25-16-15-24-10-5-11-26-21-30(35(32)34(25)33(24)26)29-19-17-23-8-2-4-13-28(23)36(29)37/h1-21H. The number of fused-ring (bicyclic) bond motifs is 5. The van der Waals surface area contributed by atoms with Crippen LogP contribution in [0.2, 0.25) is 0 Å². The van der Waals surface area contributed by atoms with Gasteiger partial charge < -0.3 is 0 Å². The third-order valence-corrected chi connectivity index (χ3v) is 8.66.